The van der Waals surface area contributed by atoms with E-state index in [1.165, 1.54) is 0 Å². The Balaban J connectivity index is 2.29. The summed E-state index contributed by atoms with van der Waals surface area (Å²) in [5.41, 5.74) is 4.23. The molecule has 0 bridgehead atoms. The molecular weight excluding hydrogens is 183 g/mol. The van der Waals surface area contributed by atoms with Crippen molar-refractivity contribution >= 4 is 5.91 Å². The number of alkyl halides is 1. The summed E-state index contributed by atoms with van der Waals surface area (Å²) < 4.78 is 13.1. The topological polar surface area (TPSA) is 46.3 Å². The van der Waals surface area contributed by atoms with Crippen LogP contribution >= 0.6 is 0 Å². The lowest BCUT2D eigenvalue weighted by Crippen LogP contribution is -2.46. The summed E-state index contributed by atoms with van der Waals surface area (Å²) >= 11 is 0. The molecule has 1 fully saturated rings. The average Bonchev–Trinajstić information content (AvgIpc) is 2.08. The smallest absolute Gasteiger partial charge is 0.225 e. The van der Waals surface area contributed by atoms with Gasteiger partial charge in [0.15, 0.2) is 0 Å². The van der Waals surface area contributed by atoms with Crippen LogP contribution in [0.5, 0.6) is 0 Å². The van der Waals surface area contributed by atoms with Gasteiger partial charge >= 0.3 is 0 Å². The van der Waals surface area contributed by atoms with Crippen LogP contribution in [-0.4, -0.2) is 36.6 Å². The number of halogens is 1. The van der Waals surface area contributed by atoms with Gasteiger partial charge in [0.2, 0.25) is 5.91 Å². The lowest BCUT2D eigenvalue weighted by Gasteiger charge is -2.39. The van der Waals surface area contributed by atoms with E-state index in [9.17, 15) is 9.18 Å². The highest BCUT2D eigenvalue weighted by Gasteiger charge is 2.45. The molecule has 1 rings (SSSR count). The Bertz CT molecular complexity index is 210. The first-order valence-corrected chi connectivity index (χ1v) is 5.10. The van der Waals surface area contributed by atoms with E-state index in [0.717, 1.165) is 6.42 Å². The van der Waals surface area contributed by atoms with E-state index >= 15 is 0 Å². The molecule has 0 aromatic heterocycles. The van der Waals surface area contributed by atoms with Crippen LogP contribution in [0.1, 0.15) is 26.2 Å². The summed E-state index contributed by atoms with van der Waals surface area (Å²) in [5, 5.41) is 0. The fourth-order valence-corrected chi connectivity index (χ4v) is 1.89. The first-order valence-electron chi connectivity index (χ1n) is 5.10. The van der Waals surface area contributed by atoms with Crippen molar-refractivity contribution in [1.82, 2.24) is 4.90 Å². The zero-order chi connectivity index (χ0) is 10.8. The molecule has 14 heavy (non-hydrogen) atoms. The maximum Gasteiger partial charge on any atom is 0.225 e. The normalized spacial score (nSPS) is 31.0. The first-order chi connectivity index (χ1) is 6.46. The second-order valence-corrected chi connectivity index (χ2v) is 4.42. The van der Waals surface area contributed by atoms with Gasteiger partial charge < -0.3 is 10.6 Å². The molecule has 0 heterocycles. The van der Waals surface area contributed by atoms with Gasteiger partial charge in [0.25, 0.3) is 0 Å². The lowest BCUT2D eigenvalue weighted by molar-refractivity contribution is -0.142. The molecule has 0 aromatic carbocycles. The van der Waals surface area contributed by atoms with E-state index in [2.05, 4.69) is 0 Å². The van der Waals surface area contributed by atoms with E-state index in [1.807, 2.05) is 0 Å². The summed E-state index contributed by atoms with van der Waals surface area (Å²) in [5.74, 6) is -0.0404. The highest BCUT2D eigenvalue weighted by molar-refractivity contribution is 5.79. The maximum atomic E-state index is 13.1. The molecule has 1 saturated carbocycles. The van der Waals surface area contributed by atoms with Gasteiger partial charge in [-0.25, -0.2) is 4.39 Å². The van der Waals surface area contributed by atoms with Crippen molar-refractivity contribution in [2.45, 2.75) is 31.9 Å². The van der Waals surface area contributed by atoms with E-state index in [-0.39, 0.29) is 11.8 Å². The molecule has 0 saturated heterocycles. The second-order valence-electron chi connectivity index (χ2n) is 4.42. The van der Waals surface area contributed by atoms with Crippen molar-refractivity contribution < 1.29 is 9.18 Å². The lowest BCUT2D eigenvalue weighted by atomic mass is 9.73. The Morgan fingerprint density at radius 2 is 2.21 bits per heavy atom. The Labute approximate surface area is 84.4 Å². The Morgan fingerprint density at radius 1 is 1.64 bits per heavy atom. The summed E-state index contributed by atoms with van der Waals surface area (Å²) in [6.45, 7) is 2.81. The van der Waals surface area contributed by atoms with Gasteiger partial charge in [-0.3, -0.25) is 4.79 Å². The zero-order valence-electron chi connectivity index (χ0n) is 8.92. The number of carbonyl (C=O) groups is 1. The van der Waals surface area contributed by atoms with Crippen LogP contribution in [-0.2, 0) is 4.79 Å². The predicted molar refractivity (Wildman–Crippen MR) is 53.5 cm³/mol. The van der Waals surface area contributed by atoms with E-state index in [0.29, 0.717) is 25.9 Å². The summed E-state index contributed by atoms with van der Waals surface area (Å²) in [4.78, 5) is 13.3. The van der Waals surface area contributed by atoms with Crippen LogP contribution < -0.4 is 5.73 Å². The van der Waals surface area contributed by atoms with Gasteiger partial charge in [0.1, 0.15) is 5.67 Å². The number of hydrogen-bond donors (Lipinski definition) is 1. The van der Waals surface area contributed by atoms with Gasteiger partial charge in [-0.05, 0) is 32.7 Å². The van der Waals surface area contributed by atoms with Crippen LogP contribution in [0, 0.1) is 5.92 Å². The minimum Gasteiger partial charge on any atom is -0.345 e. The molecule has 82 valence electrons. The van der Waals surface area contributed by atoms with E-state index in [4.69, 9.17) is 5.73 Å². The second kappa shape index (κ2) is 4.26. The average molecular weight is 202 g/mol. The third kappa shape index (κ3) is 2.67. The highest BCUT2D eigenvalue weighted by Crippen LogP contribution is 2.41. The minimum atomic E-state index is -1.12. The number of carbonyl (C=O) groups excluding carboxylic acids is 1. The Kier molecular flexibility index (Phi) is 3.48. The molecule has 0 aliphatic heterocycles. The van der Waals surface area contributed by atoms with Crippen LogP contribution in [0.3, 0.4) is 0 Å². The van der Waals surface area contributed by atoms with E-state index in [1.54, 1.807) is 18.9 Å². The molecule has 1 amide bonds. The quantitative estimate of drug-likeness (QED) is 0.737. The number of amides is 1. The molecule has 0 aromatic rings. The van der Waals surface area contributed by atoms with Gasteiger partial charge in [-0.1, -0.05) is 0 Å². The number of rotatable bonds is 4. The molecule has 1 aliphatic carbocycles. The van der Waals surface area contributed by atoms with Crippen molar-refractivity contribution in [2.75, 3.05) is 20.1 Å². The van der Waals surface area contributed by atoms with Gasteiger partial charge in [-0.15, -0.1) is 0 Å². The summed E-state index contributed by atoms with van der Waals surface area (Å²) in [6.07, 6.45) is 1.56. The number of nitrogens with two attached hydrogens (primary N) is 1. The monoisotopic (exact) mass is 202 g/mol. The number of hydrogen-bond acceptors (Lipinski definition) is 2. The van der Waals surface area contributed by atoms with Crippen LogP contribution in [0.25, 0.3) is 0 Å². The molecule has 4 heteroatoms. The molecule has 3 nitrogen and oxygen atoms in total. The molecule has 0 unspecified atom stereocenters. The Morgan fingerprint density at radius 3 is 2.64 bits per heavy atom. The van der Waals surface area contributed by atoms with Crippen molar-refractivity contribution in [3.8, 4) is 0 Å². The van der Waals surface area contributed by atoms with Crippen molar-refractivity contribution in [3.63, 3.8) is 0 Å². The maximum absolute atomic E-state index is 13.1. The van der Waals surface area contributed by atoms with Gasteiger partial charge in [-0.2, -0.15) is 0 Å². The fraction of sp³-hybridized carbons (Fsp3) is 0.900. The van der Waals surface area contributed by atoms with Crippen LogP contribution in [0.4, 0.5) is 4.39 Å². The van der Waals surface area contributed by atoms with Crippen LogP contribution in [0.15, 0.2) is 0 Å². The first kappa shape index (κ1) is 11.4. The Hall–Kier alpha value is -0.640. The van der Waals surface area contributed by atoms with Crippen molar-refractivity contribution in [2.24, 2.45) is 11.7 Å². The molecule has 1 aliphatic rings. The van der Waals surface area contributed by atoms with Crippen molar-refractivity contribution in [1.29, 1.82) is 0 Å². The molecule has 0 atom stereocenters. The molecule has 0 spiro atoms. The summed E-state index contributed by atoms with van der Waals surface area (Å²) in [6, 6.07) is 0. The third-order valence-corrected chi connectivity index (χ3v) is 2.77. The highest BCUT2D eigenvalue weighted by atomic mass is 19.1. The molecule has 2 N–H and O–H groups in total. The standard InChI is InChI=1S/C10H19FN2O/c1-10(11)6-8(7-10)9(14)13(2)5-3-4-12/h8H,3-7,12H2,1-2H3. The van der Waals surface area contributed by atoms with E-state index < -0.39 is 5.67 Å². The molecular formula is C10H19FN2O. The van der Waals surface area contributed by atoms with Crippen molar-refractivity contribution in [3.05, 3.63) is 0 Å². The number of nitrogens with zero attached hydrogens (tertiary/aromatic N) is 1. The SMILES string of the molecule is CN(CCCN)C(=O)C1CC(C)(F)C1. The van der Waals surface area contributed by atoms with Gasteiger partial charge in [0.05, 0.1) is 0 Å². The third-order valence-electron chi connectivity index (χ3n) is 2.77. The van der Waals surface area contributed by atoms with Gasteiger partial charge in [0, 0.05) is 19.5 Å². The van der Waals surface area contributed by atoms with Crippen LogP contribution in [0.2, 0.25) is 0 Å². The zero-order valence-corrected chi connectivity index (χ0v) is 8.92. The molecule has 0 radical (unpaired) electrons. The summed E-state index contributed by atoms with van der Waals surface area (Å²) in [7, 11) is 1.76. The predicted octanol–water partition coefficient (Wildman–Crippen LogP) is 0.932. The fourth-order valence-electron chi connectivity index (χ4n) is 1.89. The largest absolute Gasteiger partial charge is 0.345 e. The minimum absolute atomic E-state index is 0.0635.